The van der Waals surface area contributed by atoms with Crippen molar-refractivity contribution in [2.45, 2.75) is 65.0 Å². The Morgan fingerprint density at radius 2 is 2.05 bits per heavy atom. The molecule has 1 saturated heterocycles. The lowest BCUT2D eigenvalue weighted by atomic mass is 10.1. The molecule has 0 bridgehead atoms. The van der Waals surface area contributed by atoms with Gasteiger partial charge in [-0.05, 0) is 39.2 Å². The van der Waals surface area contributed by atoms with E-state index in [2.05, 4.69) is 12.2 Å². The highest BCUT2D eigenvalue weighted by molar-refractivity contribution is 7.86. The minimum atomic E-state index is -3.33. The molecule has 0 saturated carbocycles. The maximum Gasteiger partial charge on any atom is 0.282 e. The fraction of sp³-hybridized carbons (Fsp3) is 1.00. The number of nitrogens with zero attached hydrogens (tertiary/aromatic N) is 2. The zero-order valence-electron chi connectivity index (χ0n) is 13.4. The molecule has 0 aromatic carbocycles. The van der Waals surface area contributed by atoms with E-state index in [4.69, 9.17) is 0 Å². The number of rotatable bonds is 8. The number of nitrogens with one attached hydrogen (secondary N) is 1. The van der Waals surface area contributed by atoms with Gasteiger partial charge in [-0.15, -0.1) is 0 Å². The standard InChI is InChI=1S/C14H31N3O2S/c1-5-10-15-12-14-9-7-8-11-17(14)20(18,19)16(4)13(3)6-2/h13-15H,5-12H2,1-4H3. The predicted octanol–water partition coefficient (Wildman–Crippen LogP) is 1.82. The van der Waals surface area contributed by atoms with E-state index in [1.807, 2.05) is 13.8 Å². The van der Waals surface area contributed by atoms with E-state index < -0.39 is 10.2 Å². The van der Waals surface area contributed by atoms with Crippen LogP contribution in [-0.2, 0) is 10.2 Å². The molecular formula is C14H31N3O2S. The topological polar surface area (TPSA) is 52.7 Å². The van der Waals surface area contributed by atoms with Gasteiger partial charge in [0.1, 0.15) is 0 Å². The molecule has 1 N–H and O–H groups in total. The molecule has 1 fully saturated rings. The Hall–Kier alpha value is -0.170. The van der Waals surface area contributed by atoms with Gasteiger partial charge in [-0.2, -0.15) is 17.0 Å². The van der Waals surface area contributed by atoms with Crippen LogP contribution in [-0.4, -0.2) is 55.8 Å². The van der Waals surface area contributed by atoms with Gasteiger partial charge in [0.25, 0.3) is 10.2 Å². The van der Waals surface area contributed by atoms with Crippen LogP contribution in [0.1, 0.15) is 52.9 Å². The van der Waals surface area contributed by atoms with Crippen LogP contribution in [0, 0.1) is 0 Å². The van der Waals surface area contributed by atoms with Crippen molar-refractivity contribution in [1.82, 2.24) is 13.9 Å². The van der Waals surface area contributed by atoms with E-state index in [9.17, 15) is 8.42 Å². The van der Waals surface area contributed by atoms with Crippen molar-refractivity contribution in [3.8, 4) is 0 Å². The van der Waals surface area contributed by atoms with Gasteiger partial charge < -0.3 is 5.32 Å². The van der Waals surface area contributed by atoms with E-state index in [1.165, 1.54) is 4.31 Å². The largest absolute Gasteiger partial charge is 0.315 e. The molecule has 2 atom stereocenters. The quantitative estimate of drug-likeness (QED) is 0.696. The average molecular weight is 305 g/mol. The van der Waals surface area contributed by atoms with Crippen molar-refractivity contribution < 1.29 is 8.42 Å². The Kier molecular flexibility index (Phi) is 7.43. The minimum absolute atomic E-state index is 0.0474. The molecule has 0 radical (unpaired) electrons. The van der Waals surface area contributed by atoms with E-state index in [0.29, 0.717) is 6.54 Å². The summed E-state index contributed by atoms with van der Waals surface area (Å²) in [6.45, 7) is 8.48. The molecule has 1 aliphatic heterocycles. The summed E-state index contributed by atoms with van der Waals surface area (Å²) in [6.07, 6.45) is 4.97. The Morgan fingerprint density at radius 1 is 1.35 bits per heavy atom. The van der Waals surface area contributed by atoms with Crippen molar-refractivity contribution in [2.24, 2.45) is 0 Å². The number of hydrogen-bond acceptors (Lipinski definition) is 3. The number of hydrogen-bond donors (Lipinski definition) is 1. The normalized spacial score (nSPS) is 23.1. The van der Waals surface area contributed by atoms with Gasteiger partial charge in [0, 0.05) is 32.2 Å². The first-order chi connectivity index (χ1) is 9.45. The summed E-state index contributed by atoms with van der Waals surface area (Å²) >= 11 is 0. The molecule has 6 heteroatoms. The van der Waals surface area contributed by atoms with Crippen molar-refractivity contribution in [3.05, 3.63) is 0 Å². The maximum absolute atomic E-state index is 12.8. The molecule has 0 aromatic rings. The van der Waals surface area contributed by atoms with Crippen LogP contribution in [0.4, 0.5) is 0 Å². The van der Waals surface area contributed by atoms with Crippen LogP contribution in [0.5, 0.6) is 0 Å². The Morgan fingerprint density at radius 3 is 2.65 bits per heavy atom. The first-order valence-electron chi connectivity index (χ1n) is 7.90. The molecule has 1 aliphatic rings. The van der Waals surface area contributed by atoms with Crippen molar-refractivity contribution in [3.63, 3.8) is 0 Å². The second-order valence-corrected chi connectivity index (χ2v) is 7.69. The predicted molar refractivity (Wildman–Crippen MR) is 83.9 cm³/mol. The summed E-state index contributed by atoms with van der Waals surface area (Å²) < 4.78 is 28.8. The van der Waals surface area contributed by atoms with Crippen LogP contribution < -0.4 is 5.32 Å². The van der Waals surface area contributed by atoms with E-state index >= 15 is 0 Å². The number of piperidine rings is 1. The second kappa shape index (κ2) is 8.32. The summed E-state index contributed by atoms with van der Waals surface area (Å²) in [5.41, 5.74) is 0. The molecule has 1 rings (SSSR count). The van der Waals surface area contributed by atoms with Gasteiger partial charge in [-0.1, -0.05) is 20.3 Å². The highest BCUT2D eigenvalue weighted by Gasteiger charge is 2.36. The van der Waals surface area contributed by atoms with E-state index in [1.54, 1.807) is 11.4 Å². The molecule has 120 valence electrons. The van der Waals surface area contributed by atoms with Gasteiger partial charge in [-0.3, -0.25) is 0 Å². The monoisotopic (exact) mass is 305 g/mol. The van der Waals surface area contributed by atoms with E-state index in [0.717, 1.165) is 45.2 Å². The molecule has 20 heavy (non-hydrogen) atoms. The third kappa shape index (κ3) is 4.41. The Bertz CT molecular complexity index is 373. The molecule has 0 aromatic heterocycles. The Balaban J connectivity index is 2.77. The van der Waals surface area contributed by atoms with Gasteiger partial charge in [0.15, 0.2) is 0 Å². The lowest BCUT2D eigenvalue weighted by Gasteiger charge is -2.38. The summed E-state index contributed by atoms with van der Waals surface area (Å²) in [6, 6.07) is 0.151. The molecule has 5 nitrogen and oxygen atoms in total. The van der Waals surface area contributed by atoms with E-state index in [-0.39, 0.29) is 12.1 Å². The molecule has 2 unspecified atom stereocenters. The van der Waals surface area contributed by atoms with Gasteiger partial charge in [0.05, 0.1) is 0 Å². The SMILES string of the molecule is CCCNCC1CCCCN1S(=O)(=O)N(C)C(C)CC. The summed E-state index contributed by atoms with van der Waals surface area (Å²) in [4.78, 5) is 0. The lowest BCUT2D eigenvalue weighted by Crippen LogP contribution is -2.54. The molecule has 0 spiro atoms. The van der Waals surface area contributed by atoms with Gasteiger partial charge >= 0.3 is 0 Å². The highest BCUT2D eigenvalue weighted by atomic mass is 32.2. The van der Waals surface area contributed by atoms with Crippen molar-refractivity contribution in [2.75, 3.05) is 26.7 Å². The zero-order valence-corrected chi connectivity index (χ0v) is 14.2. The first kappa shape index (κ1) is 17.9. The fourth-order valence-electron chi connectivity index (χ4n) is 2.58. The first-order valence-corrected chi connectivity index (χ1v) is 9.30. The summed E-state index contributed by atoms with van der Waals surface area (Å²) in [5, 5.41) is 3.36. The summed E-state index contributed by atoms with van der Waals surface area (Å²) in [7, 11) is -1.63. The van der Waals surface area contributed by atoms with Crippen LogP contribution in [0.2, 0.25) is 0 Å². The van der Waals surface area contributed by atoms with Crippen LogP contribution in [0.15, 0.2) is 0 Å². The van der Waals surface area contributed by atoms with Crippen LogP contribution in [0.25, 0.3) is 0 Å². The fourth-order valence-corrected chi connectivity index (χ4v) is 4.43. The van der Waals surface area contributed by atoms with Crippen LogP contribution >= 0.6 is 0 Å². The smallest absolute Gasteiger partial charge is 0.282 e. The average Bonchev–Trinajstić information content (AvgIpc) is 2.46. The second-order valence-electron chi connectivity index (χ2n) is 5.75. The van der Waals surface area contributed by atoms with Crippen molar-refractivity contribution >= 4 is 10.2 Å². The van der Waals surface area contributed by atoms with Gasteiger partial charge in [-0.25, -0.2) is 0 Å². The maximum atomic E-state index is 12.8. The van der Waals surface area contributed by atoms with Crippen molar-refractivity contribution in [1.29, 1.82) is 0 Å². The molecule has 1 heterocycles. The third-order valence-electron chi connectivity index (χ3n) is 4.25. The minimum Gasteiger partial charge on any atom is -0.315 e. The molecule has 0 amide bonds. The Labute approximate surface area is 124 Å². The van der Waals surface area contributed by atoms with Gasteiger partial charge in [0.2, 0.25) is 0 Å². The third-order valence-corrected chi connectivity index (χ3v) is 6.41. The highest BCUT2D eigenvalue weighted by Crippen LogP contribution is 2.23. The summed E-state index contributed by atoms with van der Waals surface area (Å²) in [5.74, 6) is 0. The lowest BCUT2D eigenvalue weighted by molar-refractivity contribution is 0.223. The van der Waals surface area contributed by atoms with Crippen LogP contribution in [0.3, 0.4) is 0 Å². The molecular weight excluding hydrogens is 274 g/mol. The zero-order chi connectivity index (χ0) is 15.2. The molecule has 0 aliphatic carbocycles.